The third kappa shape index (κ3) is 4.20. The lowest BCUT2D eigenvalue weighted by Gasteiger charge is -1.99. The number of halogens is 1. The van der Waals surface area contributed by atoms with Crippen LogP contribution in [0.15, 0.2) is 18.2 Å². The maximum absolute atomic E-state index is 11.1. The summed E-state index contributed by atoms with van der Waals surface area (Å²) in [5.74, 6) is 0. The number of aromatic nitrogens is 2. The van der Waals surface area contributed by atoms with E-state index < -0.39 is 4.92 Å². The van der Waals surface area contributed by atoms with Crippen molar-refractivity contribution in [3.63, 3.8) is 0 Å². The van der Waals surface area contributed by atoms with Crippen LogP contribution in [0.1, 0.15) is 18.4 Å². The highest BCUT2D eigenvalue weighted by atomic mass is 35.5. The fraction of sp³-hybridized carbons (Fsp3) is 0.385. The van der Waals surface area contributed by atoms with Gasteiger partial charge in [-0.1, -0.05) is 29.9 Å². The number of nitrogens with zero attached hydrogens (tertiary/aromatic N) is 3. The minimum atomic E-state index is -0.451. The summed E-state index contributed by atoms with van der Waals surface area (Å²) in [4.78, 5) is 10.6. The molecule has 8 heteroatoms. The molecular weight excluding hydrogens is 312 g/mol. The molecule has 6 nitrogen and oxygen atoms in total. The van der Waals surface area contributed by atoms with Crippen molar-refractivity contribution in [2.75, 3.05) is 13.1 Å². The average molecular weight is 327 g/mol. The number of hydrogen-bond acceptors (Lipinski definition) is 6. The minimum Gasteiger partial charge on any atom is -0.317 e. The van der Waals surface area contributed by atoms with Crippen molar-refractivity contribution in [3.8, 4) is 10.6 Å². The number of benzene rings is 1. The number of hydrogen-bond donors (Lipinski definition) is 1. The van der Waals surface area contributed by atoms with Crippen LogP contribution in [0.2, 0.25) is 5.02 Å². The second-order valence-electron chi connectivity index (χ2n) is 4.38. The summed E-state index contributed by atoms with van der Waals surface area (Å²) in [6.07, 6.45) is 1.78. The van der Waals surface area contributed by atoms with Crippen molar-refractivity contribution in [2.24, 2.45) is 0 Å². The summed E-state index contributed by atoms with van der Waals surface area (Å²) in [5, 5.41) is 24.3. The zero-order chi connectivity index (χ0) is 15.2. The van der Waals surface area contributed by atoms with Crippen molar-refractivity contribution >= 4 is 28.6 Å². The van der Waals surface area contributed by atoms with Crippen LogP contribution in [0.5, 0.6) is 0 Å². The fourth-order valence-electron chi connectivity index (χ4n) is 1.84. The second-order valence-corrected chi connectivity index (χ2v) is 5.88. The highest BCUT2D eigenvalue weighted by molar-refractivity contribution is 7.14. The lowest BCUT2D eigenvalue weighted by molar-refractivity contribution is -0.384. The maximum Gasteiger partial charge on any atom is 0.281 e. The summed E-state index contributed by atoms with van der Waals surface area (Å²) in [6, 6.07) is 4.57. The third-order valence-electron chi connectivity index (χ3n) is 2.85. The molecule has 1 N–H and O–H groups in total. The smallest absolute Gasteiger partial charge is 0.281 e. The van der Waals surface area contributed by atoms with Gasteiger partial charge in [-0.3, -0.25) is 10.1 Å². The Kier molecular flexibility index (Phi) is 5.60. The van der Waals surface area contributed by atoms with Gasteiger partial charge in [-0.15, -0.1) is 10.2 Å². The monoisotopic (exact) mass is 326 g/mol. The summed E-state index contributed by atoms with van der Waals surface area (Å²) in [6.45, 7) is 3.92. The molecule has 0 bridgehead atoms. The number of nitrogens with one attached hydrogen (secondary N) is 1. The van der Waals surface area contributed by atoms with Crippen LogP contribution in [0.25, 0.3) is 10.6 Å². The molecule has 1 heterocycles. The molecule has 2 aromatic rings. The summed E-state index contributed by atoms with van der Waals surface area (Å²) in [7, 11) is 0. The quantitative estimate of drug-likeness (QED) is 0.479. The largest absolute Gasteiger partial charge is 0.317 e. The Morgan fingerprint density at radius 1 is 1.43 bits per heavy atom. The van der Waals surface area contributed by atoms with E-state index in [2.05, 4.69) is 22.4 Å². The SMILES string of the molecule is CCNCCCc1nnc(-c2ccc(Cl)cc2[N+](=O)[O-])s1. The van der Waals surface area contributed by atoms with E-state index in [1.54, 1.807) is 12.1 Å². The number of nitro groups is 1. The number of rotatable bonds is 7. The molecule has 0 atom stereocenters. The fourth-order valence-corrected chi connectivity index (χ4v) is 2.92. The Bertz CT molecular complexity index is 632. The number of nitro benzene ring substituents is 1. The van der Waals surface area contributed by atoms with Gasteiger partial charge in [0.25, 0.3) is 5.69 Å². The molecule has 21 heavy (non-hydrogen) atoms. The van der Waals surface area contributed by atoms with E-state index in [4.69, 9.17) is 11.6 Å². The molecule has 0 unspecified atom stereocenters. The first-order valence-corrected chi connectivity index (χ1v) is 7.78. The first-order chi connectivity index (χ1) is 10.1. The van der Waals surface area contributed by atoms with Crippen LogP contribution < -0.4 is 5.32 Å². The van der Waals surface area contributed by atoms with Gasteiger partial charge < -0.3 is 5.32 Å². The molecule has 0 saturated heterocycles. The second kappa shape index (κ2) is 7.44. The van der Waals surface area contributed by atoms with Crippen molar-refractivity contribution in [1.82, 2.24) is 15.5 Å². The maximum atomic E-state index is 11.1. The van der Waals surface area contributed by atoms with Gasteiger partial charge in [0.2, 0.25) is 0 Å². The van der Waals surface area contributed by atoms with Crippen molar-refractivity contribution in [3.05, 3.63) is 38.3 Å². The molecule has 0 fully saturated rings. The zero-order valence-electron chi connectivity index (χ0n) is 11.5. The topological polar surface area (TPSA) is 81.0 Å². The standard InChI is InChI=1S/C13H15ClN4O2S/c1-2-15-7-3-4-12-16-17-13(21-12)10-6-5-9(14)8-11(10)18(19)20/h5-6,8,15H,2-4,7H2,1H3. The van der Waals surface area contributed by atoms with Crippen molar-refractivity contribution in [1.29, 1.82) is 0 Å². The Morgan fingerprint density at radius 3 is 2.95 bits per heavy atom. The molecule has 0 aliphatic heterocycles. The first kappa shape index (κ1) is 15.8. The molecule has 0 radical (unpaired) electrons. The molecule has 0 aliphatic rings. The van der Waals surface area contributed by atoms with Gasteiger partial charge in [0.1, 0.15) is 5.01 Å². The predicted octanol–water partition coefficient (Wildman–Crippen LogP) is 3.31. The van der Waals surface area contributed by atoms with E-state index in [1.165, 1.54) is 17.4 Å². The highest BCUT2D eigenvalue weighted by Crippen LogP contribution is 2.34. The molecule has 2 rings (SSSR count). The molecule has 0 saturated carbocycles. The van der Waals surface area contributed by atoms with Crippen molar-refractivity contribution < 1.29 is 4.92 Å². The van der Waals surface area contributed by atoms with Crippen LogP contribution in [-0.2, 0) is 6.42 Å². The normalized spacial score (nSPS) is 10.8. The van der Waals surface area contributed by atoms with Crippen LogP contribution in [0, 0.1) is 10.1 Å². The van der Waals surface area contributed by atoms with Gasteiger partial charge in [-0.2, -0.15) is 0 Å². The lowest BCUT2D eigenvalue weighted by atomic mass is 10.2. The predicted molar refractivity (Wildman–Crippen MR) is 83.9 cm³/mol. The van der Waals surface area contributed by atoms with Crippen LogP contribution >= 0.6 is 22.9 Å². The van der Waals surface area contributed by atoms with E-state index in [0.29, 0.717) is 15.6 Å². The molecule has 1 aromatic heterocycles. The van der Waals surface area contributed by atoms with E-state index in [1.807, 2.05) is 0 Å². The minimum absolute atomic E-state index is 0.0437. The highest BCUT2D eigenvalue weighted by Gasteiger charge is 2.19. The zero-order valence-corrected chi connectivity index (χ0v) is 13.1. The summed E-state index contributed by atoms with van der Waals surface area (Å²) < 4.78 is 0. The molecule has 112 valence electrons. The van der Waals surface area contributed by atoms with E-state index in [9.17, 15) is 10.1 Å². The number of aryl methyl sites for hydroxylation is 1. The van der Waals surface area contributed by atoms with Gasteiger partial charge in [-0.25, -0.2) is 0 Å². The third-order valence-corrected chi connectivity index (χ3v) is 4.10. The van der Waals surface area contributed by atoms with Gasteiger partial charge >= 0.3 is 0 Å². The van der Waals surface area contributed by atoms with E-state index in [0.717, 1.165) is 30.9 Å². The van der Waals surface area contributed by atoms with Crippen LogP contribution in [-0.4, -0.2) is 28.2 Å². The summed E-state index contributed by atoms with van der Waals surface area (Å²) in [5.41, 5.74) is 0.415. The van der Waals surface area contributed by atoms with Gasteiger partial charge in [-0.05, 0) is 31.6 Å². The average Bonchev–Trinajstić information content (AvgIpc) is 2.92. The molecule has 0 aliphatic carbocycles. The lowest BCUT2D eigenvalue weighted by Crippen LogP contribution is -2.14. The summed E-state index contributed by atoms with van der Waals surface area (Å²) >= 11 is 7.19. The Morgan fingerprint density at radius 2 is 2.24 bits per heavy atom. The molecule has 0 spiro atoms. The van der Waals surface area contributed by atoms with E-state index >= 15 is 0 Å². The Balaban J connectivity index is 2.16. The first-order valence-electron chi connectivity index (χ1n) is 6.59. The molecule has 0 amide bonds. The van der Waals surface area contributed by atoms with E-state index in [-0.39, 0.29) is 5.69 Å². The van der Waals surface area contributed by atoms with Crippen LogP contribution in [0.4, 0.5) is 5.69 Å². The Labute approximate surface area is 131 Å². The van der Waals surface area contributed by atoms with Gasteiger partial charge in [0.15, 0.2) is 5.01 Å². The van der Waals surface area contributed by atoms with Gasteiger partial charge in [0, 0.05) is 17.5 Å². The Hall–Kier alpha value is -1.57. The molecular formula is C13H15ClN4O2S. The van der Waals surface area contributed by atoms with Crippen molar-refractivity contribution in [2.45, 2.75) is 19.8 Å². The molecule has 1 aromatic carbocycles. The van der Waals surface area contributed by atoms with Crippen LogP contribution in [0.3, 0.4) is 0 Å². The van der Waals surface area contributed by atoms with Gasteiger partial charge in [0.05, 0.1) is 10.5 Å².